The predicted molar refractivity (Wildman–Crippen MR) is 76.2 cm³/mol. The highest BCUT2D eigenvalue weighted by Crippen LogP contribution is 2.14. The fraction of sp³-hybridized carbons (Fsp3) is 0.133. The van der Waals surface area contributed by atoms with Gasteiger partial charge in [0.15, 0.2) is 6.10 Å². The first-order valence-corrected chi connectivity index (χ1v) is 6.46. The number of carboxylic acids is 1. The zero-order valence-electron chi connectivity index (χ0n) is 11.0. The number of carbonyl (C=O) groups is 1. The van der Waals surface area contributed by atoms with E-state index >= 15 is 0 Å². The molecule has 21 heavy (non-hydrogen) atoms. The molecule has 0 fully saturated rings. The van der Waals surface area contributed by atoms with Crippen LogP contribution in [0.2, 0.25) is 0 Å². The van der Waals surface area contributed by atoms with E-state index < -0.39 is 12.1 Å². The summed E-state index contributed by atoms with van der Waals surface area (Å²) in [4.78, 5) is 12.2. The van der Waals surface area contributed by atoms with Crippen molar-refractivity contribution in [2.24, 2.45) is 0 Å². The van der Waals surface area contributed by atoms with Gasteiger partial charge in [0.25, 0.3) is 0 Å². The molecule has 3 rings (SSSR count). The number of aliphatic hydroxyl groups is 1. The van der Waals surface area contributed by atoms with E-state index in [2.05, 4.69) is 10.2 Å². The van der Waals surface area contributed by atoms with Crippen LogP contribution in [0.5, 0.6) is 0 Å². The van der Waals surface area contributed by atoms with Gasteiger partial charge >= 0.3 is 5.97 Å². The molecular weight excluding hydrogens is 270 g/mol. The van der Waals surface area contributed by atoms with Gasteiger partial charge in [0.05, 0.1) is 5.69 Å². The monoisotopic (exact) mass is 283 g/mol. The van der Waals surface area contributed by atoms with Gasteiger partial charge in [-0.15, -0.1) is 10.2 Å². The van der Waals surface area contributed by atoms with Crippen molar-refractivity contribution in [2.75, 3.05) is 0 Å². The van der Waals surface area contributed by atoms with E-state index in [9.17, 15) is 9.90 Å². The fourth-order valence-corrected chi connectivity index (χ4v) is 2.09. The lowest BCUT2D eigenvalue weighted by Crippen LogP contribution is -2.22. The minimum atomic E-state index is -1.41. The Kier molecular flexibility index (Phi) is 3.37. The number of hydrogen-bond acceptors (Lipinski definition) is 4. The van der Waals surface area contributed by atoms with Gasteiger partial charge in [-0.2, -0.15) is 4.80 Å². The number of benzene rings is 2. The minimum absolute atomic E-state index is 0.0456. The number of hydrogen-bond donors (Lipinski definition) is 2. The van der Waals surface area contributed by atoms with E-state index in [4.69, 9.17) is 5.11 Å². The maximum absolute atomic E-state index is 10.7. The van der Waals surface area contributed by atoms with E-state index in [1.54, 1.807) is 18.2 Å². The van der Waals surface area contributed by atoms with E-state index in [0.717, 1.165) is 16.7 Å². The molecular formula is C15H13N3O3. The summed E-state index contributed by atoms with van der Waals surface area (Å²) in [5.41, 5.74) is 3.01. The molecule has 1 heterocycles. The van der Waals surface area contributed by atoms with Gasteiger partial charge < -0.3 is 10.2 Å². The van der Waals surface area contributed by atoms with Crippen molar-refractivity contribution in [3.05, 3.63) is 54.1 Å². The average Bonchev–Trinajstić information content (AvgIpc) is 2.91. The average molecular weight is 283 g/mol. The Hall–Kier alpha value is -2.73. The summed E-state index contributed by atoms with van der Waals surface area (Å²) in [7, 11) is 0. The van der Waals surface area contributed by atoms with Crippen LogP contribution in [0.3, 0.4) is 0 Å². The van der Waals surface area contributed by atoms with E-state index in [-0.39, 0.29) is 6.42 Å². The lowest BCUT2D eigenvalue weighted by atomic mass is 10.1. The molecule has 0 aliphatic carbocycles. The molecule has 1 aromatic heterocycles. The van der Waals surface area contributed by atoms with E-state index in [1.165, 1.54) is 4.80 Å². The molecule has 0 saturated carbocycles. The molecule has 2 N–H and O–H groups in total. The normalized spacial score (nSPS) is 12.4. The highest BCUT2D eigenvalue weighted by Gasteiger charge is 2.14. The summed E-state index contributed by atoms with van der Waals surface area (Å²) in [6, 6.07) is 14.7. The van der Waals surface area contributed by atoms with Crippen LogP contribution < -0.4 is 0 Å². The quantitative estimate of drug-likeness (QED) is 0.755. The van der Waals surface area contributed by atoms with Gasteiger partial charge in [-0.25, -0.2) is 4.79 Å². The lowest BCUT2D eigenvalue weighted by Gasteiger charge is -2.07. The summed E-state index contributed by atoms with van der Waals surface area (Å²) < 4.78 is 0. The Morgan fingerprint density at radius 3 is 2.38 bits per heavy atom. The van der Waals surface area contributed by atoms with Gasteiger partial charge in [-0.05, 0) is 29.8 Å². The minimum Gasteiger partial charge on any atom is -0.479 e. The summed E-state index contributed by atoms with van der Waals surface area (Å²) >= 11 is 0. The third-order valence-corrected chi connectivity index (χ3v) is 3.14. The zero-order valence-corrected chi connectivity index (χ0v) is 11.0. The van der Waals surface area contributed by atoms with Crippen molar-refractivity contribution >= 4 is 17.0 Å². The molecule has 0 aliphatic heterocycles. The molecule has 0 bridgehead atoms. The molecule has 6 nitrogen and oxygen atoms in total. The Morgan fingerprint density at radius 2 is 1.76 bits per heavy atom. The SMILES string of the molecule is O=C(O)C(O)Cc1cccc(-n2nc3ccccc3n2)c1. The second kappa shape index (κ2) is 5.34. The number of aromatic nitrogens is 3. The van der Waals surface area contributed by atoms with Crippen molar-refractivity contribution in [1.82, 2.24) is 15.0 Å². The summed E-state index contributed by atoms with van der Waals surface area (Å²) in [5.74, 6) is -1.23. The standard InChI is InChI=1S/C15H13N3O3/c19-14(15(20)21)9-10-4-3-5-11(8-10)18-16-12-6-1-2-7-13(12)17-18/h1-8,14,19H,9H2,(H,20,21). The van der Waals surface area contributed by atoms with E-state index in [0.29, 0.717) is 5.56 Å². The van der Waals surface area contributed by atoms with Crippen molar-refractivity contribution in [1.29, 1.82) is 0 Å². The first kappa shape index (κ1) is 13.3. The highest BCUT2D eigenvalue weighted by atomic mass is 16.4. The van der Waals surface area contributed by atoms with Crippen LogP contribution in [-0.2, 0) is 11.2 Å². The summed E-state index contributed by atoms with van der Waals surface area (Å²) in [5, 5.41) is 26.9. The Balaban J connectivity index is 1.93. The summed E-state index contributed by atoms with van der Waals surface area (Å²) in [6.07, 6.45) is -1.37. The number of nitrogens with zero attached hydrogens (tertiary/aromatic N) is 3. The second-order valence-corrected chi connectivity index (χ2v) is 4.71. The first-order chi connectivity index (χ1) is 10.1. The van der Waals surface area contributed by atoms with Gasteiger partial charge in [-0.3, -0.25) is 0 Å². The van der Waals surface area contributed by atoms with Gasteiger partial charge in [-0.1, -0.05) is 24.3 Å². The number of fused-ring (bicyclic) bond motifs is 1. The maximum atomic E-state index is 10.7. The van der Waals surface area contributed by atoms with Gasteiger partial charge in [0.1, 0.15) is 11.0 Å². The topological polar surface area (TPSA) is 88.2 Å². The fourth-order valence-electron chi connectivity index (χ4n) is 2.09. The smallest absolute Gasteiger partial charge is 0.332 e. The van der Waals surface area contributed by atoms with Crippen molar-refractivity contribution in [3.63, 3.8) is 0 Å². The van der Waals surface area contributed by atoms with Gasteiger partial charge in [0, 0.05) is 6.42 Å². The van der Waals surface area contributed by atoms with Crippen LogP contribution in [0.25, 0.3) is 16.7 Å². The molecule has 0 spiro atoms. The van der Waals surface area contributed by atoms with Gasteiger partial charge in [0.2, 0.25) is 0 Å². The molecule has 1 atom stereocenters. The van der Waals surface area contributed by atoms with Crippen molar-refractivity contribution in [2.45, 2.75) is 12.5 Å². The molecule has 3 aromatic rings. The maximum Gasteiger partial charge on any atom is 0.332 e. The Bertz CT molecular complexity index is 764. The first-order valence-electron chi connectivity index (χ1n) is 6.46. The molecule has 0 aliphatic rings. The molecule has 6 heteroatoms. The Labute approximate surface area is 120 Å². The van der Waals surface area contributed by atoms with E-state index in [1.807, 2.05) is 30.3 Å². The second-order valence-electron chi connectivity index (χ2n) is 4.71. The number of carboxylic acid groups (broad SMARTS) is 1. The lowest BCUT2D eigenvalue weighted by molar-refractivity contribution is -0.146. The Morgan fingerprint density at radius 1 is 1.10 bits per heavy atom. The zero-order chi connectivity index (χ0) is 14.8. The largest absolute Gasteiger partial charge is 0.479 e. The molecule has 0 saturated heterocycles. The van der Waals surface area contributed by atoms with Crippen LogP contribution in [0.4, 0.5) is 0 Å². The van der Waals surface area contributed by atoms with Crippen LogP contribution in [0, 0.1) is 0 Å². The number of aliphatic carboxylic acids is 1. The van der Waals surface area contributed by atoms with Crippen LogP contribution in [-0.4, -0.2) is 37.3 Å². The predicted octanol–water partition coefficient (Wildman–Crippen LogP) is 1.41. The number of rotatable bonds is 4. The van der Waals surface area contributed by atoms with Crippen LogP contribution in [0.1, 0.15) is 5.56 Å². The third kappa shape index (κ3) is 2.75. The third-order valence-electron chi connectivity index (χ3n) is 3.14. The summed E-state index contributed by atoms with van der Waals surface area (Å²) in [6.45, 7) is 0. The molecule has 0 amide bonds. The van der Waals surface area contributed by atoms with Crippen LogP contribution >= 0.6 is 0 Å². The molecule has 1 unspecified atom stereocenters. The molecule has 106 valence electrons. The number of aliphatic hydroxyl groups excluding tert-OH is 1. The van der Waals surface area contributed by atoms with Crippen molar-refractivity contribution < 1.29 is 15.0 Å². The highest BCUT2D eigenvalue weighted by molar-refractivity contribution is 5.73. The molecule has 2 aromatic carbocycles. The van der Waals surface area contributed by atoms with Crippen LogP contribution in [0.15, 0.2) is 48.5 Å². The molecule has 0 radical (unpaired) electrons. The van der Waals surface area contributed by atoms with Crippen molar-refractivity contribution in [3.8, 4) is 5.69 Å².